The third-order valence-electron chi connectivity index (χ3n) is 2.22. The van der Waals surface area contributed by atoms with E-state index in [-0.39, 0.29) is 6.04 Å². The number of nitrogens with one attached hydrogen (secondary N) is 1. The lowest BCUT2D eigenvalue weighted by Gasteiger charge is -2.16. The Morgan fingerprint density at radius 3 is 2.75 bits per heavy atom. The molecule has 0 fully saturated rings. The van der Waals surface area contributed by atoms with Gasteiger partial charge in [0.15, 0.2) is 0 Å². The van der Waals surface area contributed by atoms with Crippen molar-refractivity contribution in [2.45, 2.75) is 19.9 Å². The highest BCUT2D eigenvalue weighted by atomic mass is 16.5. The van der Waals surface area contributed by atoms with Crippen molar-refractivity contribution in [1.82, 2.24) is 5.32 Å². The molecule has 0 heterocycles. The fraction of sp³-hybridized carbons (Fsp3) is 0.417. The first kappa shape index (κ1) is 12.4. The first-order valence-electron chi connectivity index (χ1n) is 5.25. The third-order valence-corrected chi connectivity index (χ3v) is 2.22. The van der Waals surface area contributed by atoms with Crippen LogP contribution in [0.3, 0.4) is 0 Å². The number of hydrogen-bond donors (Lipinski definition) is 1. The van der Waals surface area contributed by atoms with E-state index in [1.807, 2.05) is 31.2 Å². The number of hydrogen-bond acceptors (Lipinski definition) is 3. The largest absolute Gasteiger partial charge is 0.496 e. The van der Waals surface area contributed by atoms with Gasteiger partial charge in [0.2, 0.25) is 0 Å². The highest BCUT2D eigenvalue weighted by Crippen LogP contribution is 2.24. The van der Waals surface area contributed by atoms with Gasteiger partial charge in [0.05, 0.1) is 19.8 Å². The molecule has 0 bridgehead atoms. The van der Waals surface area contributed by atoms with E-state index >= 15 is 0 Å². The molecule has 1 N–H and O–H groups in total. The van der Waals surface area contributed by atoms with Gasteiger partial charge in [0.25, 0.3) is 0 Å². The van der Waals surface area contributed by atoms with E-state index in [1.54, 1.807) is 14.0 Å². The molecule has 0 spiro atoms. The van der Waals surface area contributed by atoms with Gasteiger partial charge >= 0.3 is 6.09 Å². The lowest BCUT2D eigenvalue weighted by atomic mass is 10.1. The van der Waals surface area contributed by atoms with Crippen LogP contribution in [0.5, 0.6) is 5.75 Å². The van der Waals surface area contributed by atoms with Crippen LogP contribution in [0.4, 0.5) is 4.79 Å². The minimum absolute atomic E-state index is 0.143. The molecule has 0 radical (unpaired) electrons. The Hall–Kier alpha value is -1.71. The lowest BCUT2D eigenvalue weighted by Crippen LogP contribution is -2.27. The summed E-state index contributed by atoms with van der Waals surface area (Å²) in [5, 5.41) is 2.73. The minimum atomic E-state index is -0.416. The number of benzene rings is 1. The highest BCUT2D eigenvalue weighted by Gasteiger charge is 2.13. The quantitative estimate of drug-likeness (QED) is 0.853. The number of para-hydroxylation sites is 1. The average Bonchev–Trinajstić information content (AvgIpc) is 2.29. The Balaban J connectivity index is 2.72. The van der Waals surface area contributed by atoms with E-state index in [9.17, 15) is 4.79 Å². The fourth-order valence-corrected chi connectivity index (χ4v) is 1.45. The van der Waals surface area contributed by atoms with Gasteiger partial charge in [-0.3, -0.25) is 0 Å². The van der Waals surface area contributed by atoms with Crippen molar-refractivity contribution in [1.29, 1.82) is 0 Å². The van der Waals surface area contributed by atoms with Gasteiger partial charge in [-0.1, -0.05) is 18.2 Å². The highest BCUT2D eigenvalue weighted by molar-refractivity contribution is 5.68. The molecule has 16 heavy (non-hydrogen) atoms. The van der Waals surface area contributed by atoms with Gasteiger partial charge < -0.3 is 14.8 Å². The maximum atomic E-state index is 11.3. The number of carbonyl (C=O) groups is 1. The van der Waals surface area contributed by atoms with Crippen LogP contribution in [-0.2, 0) is 4.74 Å². The summed E-state index contributed by atoms with van der Waals surface area (Å²) < 4.78 is 10.0. The normalized spacial score (nSPS) is 11.7. The molecular formula is C12H17NO3. The molecule has 0 saturated carbocycles. The molecule has 0 saturated heterocycles. The smallest absolute Gasteiger partial charge is 0.407 e. The molecule has 1 amide bonds. The topological polar surface area (TPSA) is 47.6 Å². The van der Waals surface area contributed by atoms with E-state index in [1.165, 1.54) is 0 Å². The predicted octanol–water partition coefficient (Wildman–Crippen LogP) is 2.50. The van der Waals surface area contributed by atoms with Crippen molar-refractivity contribution < 1.29 is 14.3 Å². The summed E-state index contributed by atoms with van der Waals surface area (Å²) in [7, 11) is 1.61. The summed E-state index contributed by atoms with van der Waals surface area (Å²) in [6.07, 6.45) is -0.416. The van der Waals surface area contributed by atoms with Crippen LogP contribution in [0.25, 0.3) is 0 Å². The van der Waals surface area contributed by atoms with Gasteiger partial charge in [0, 0.05) is 5.56 Å². The van der Waals surface area contributed by atoms with Crippen LogP contribution in [0, 0.1) is 0 Å². The van der Waals surface area contributed by atoms with Crippen LogP contribution < -0.4 is 10.1 Å². The monoisotopic (exact) mass is 223 g/mol. The van der Waals surface area contributed by atoms with Crippen molar-refractivity contribution in [2.75, 3.05) is 13.7 Å². The number of rotatable bonds is 4. The number of amides is 1. The zero-order valence-electron chi connectivity index (χ0n) is 9.82. The molecule has 0 aromatic heterocycles. The molecule has 1 aromatic rings. The summed E-state index contributed by atoms with van der Waals surface area (Å²) in [6.45, 7) is 4.02. The molecule has 88 valence electrons. The van der Waals surface area contributed by atoms with E-state index in [0.29, 0.717) is 6.61 Å². The average molecular weight is 223 g/mol. The zero-order chi connectivity index (χ0) is 12.0. The molecular weight excluding hydrogens is 206 g/mol. The summed E-state index contributed by atoms with van der Waals surface area (Å²) in [5.74, 6) is 0.756. The number of carbonyl (C=O) groups excluding carboxylic acids is 1. The van der Waals surface area contributed by atoms with Gasteiger partial charge in [-0.25, -0.2) is 4.79 Å². The number of ether oxygens (including phenoxy) is 2. The van der Waals surface area contributed by atoms with Gasteiger partial charge in [-0.15, -0.1) is 0 Å². The summed E-state index contributed by atoms with van der Waals surface area (Å²) in [6, 6.07) is 7.42. The maximum Gasteiger partial charge on any atom is 0.407 e. The van der Waals surface area contributed by atoms with Crippen LogP contribution >= 0.6 is 0 Å². The van der Waals surface area contributed by atoms with Gasteiger partial charge in [-0.2, -0.15) is 0 Å². The Morgan fingerprint density at radius 1 is 1.44 bits per heavy atom. The van der Waals surface area contributed by atoms with Gasteiger partial charge in [-0.05, 0) is 19.9 Å². The van der Waals surface area contributed by atoms with E-state index < -0.39 is 6.09 Å². The molecule has 4 nitrogen and oxygen atoms in total. The minimum Gasteiger partial charge on any atom is -0.496 e. The predicted molar refractivity (Wildman–Crippen MR) is 61.6 cm³/mol. The molecule has 1 atom stereocenters. The molecule has 0 aliphatic heterocycles. The summed E-state index contributed by atoms with van der Waals surface area (Å²) >= 11 is 0. The standard InChI is InChI=1S/C12H17NO3/c1-4-16-12(14)13-9(2)10-7-5-6-8-11(10)15-3/h5-9H,4H2,1-3H3,(H,13,14). The van der Waals surface area contributed by atoms with Crippen LogP contribution in [0.2, 0.25) is 0 Å². The molecule has 0 aliphatic rings. The Kier molecular flexibility index (Phi) is 4.64. The Labute approximate surface area is 95.6 Å². The first-order valence-corrected chi connectivity index (χ1v) is 5.25. The second-order valence-corrected chi connectivity index (χ2v) is 3.33. The lowest BCUT2D eigenvalue weighted by molar-refractivity contribution is 0.148. The summed E-state index contributed by atoms with van der Waals surface area (Å²) in [4.78, 5) is 11.3. The second kappa shape index (κ2) is 6.00. The van der Waals surface area contributed by atoms with Gasteiger partial charge in [0.1, 0.15) is 5.75 Å². The van der Waals surface area contributed by atoms with E-state index in [4.69, 9.17) is 9.47 Å². The first-order chi connectivity index (χ1) is 7.69. The third kappa shape index (κ3) is 3.15. The Morgan fingerprint density at radius 2 is 2.12 bits per heavy atom. The summed E-state index contributed by atoms with van der Waals surface area (Å²) in [5.41, 5.74) is 0.929. The SMILES string of the molecule is CCOC(=O)NC(C)c1ccccc1OC. The number of methoxy groups -OCH3 is 1. The van der Waals surface area contributed by atoms with Crippen molar-refractivity contribution in [3.05, 3.63) is 29.8 Å². The van der Waals surface area contributed by atoms with Crippen LogP contribution in [0.1, 0.15) is 25.5 Å². The second-order valence-electron chi connectivity index (χ2n) is 3.33. The van der Waals surface area contributed by atoms with Crippen molar-refractivity contribution in [2.24, 2.45) is 0 Å². The molecule has 4 heteroatoms. The Bertz CT molecular complexity index is 352. The van der Waals surface area contributed by atoms with Crippen molar-refractivity contribution in [3.63, 3.8) is 0 Å². The van der Waals surface area contributed by atoms with Crippen LogP contribution in [-0.4, -0.2) is 19.8 Å². The molecule has 0 aliphatic carbocycles. The fourth-order valence-electron chi connectivity index (χ4n) is 1.45. The zero-order valence-corrected chi connectivity index (χ0v) is 9.82. The van der Waals surface area contributed by atoms with E-state index in [0.717, 1.165) is 11.3 Å². The van der Waals surface area contributed by atoms with Crippen molar-refractivity contribution >= 4 is 6.09 Å². The maximum absolute atomic E-state index is 11.3. The molecule has 1 unspecified atom stereocenters. The molecule has 1 aromatic carbocycles. The number of alkyl carbamates (subject to hydrolysis) is 1. The van der Waals surface area contributed by atoms with E-state index in [2.05, 4.69) is 5.32 Å². The van der Waals surface area contributed by atoms with Crippen LogP contribution in [0.15, 0.2) is 24.3 Å². The molecule has 1 rings (SSSR count). The van der Waals surface area contributed by atoms with Crippen molar-refractivity contribution in [3.8, 4) is 5.75 Å².